The molecule has 10 heteroatoms. The molecule has 0 radical (unpaired) electrons. The number of benzene rings is 1. The lowest BCUT2D eigenvalue weighted by Gasteiger charge is -2.31. The minimum atomic E-state index is -3.89. The molecule has 27 heavy (non-hydrogen) atoms. The molecule has 1 aromatic carbocycles. The van der Waals surface area contributed by atoms with Gasteiger partial charge in [-0.1, -0.05) is 11.2 Å². The Morgan fingerprint density at radius 3 is 2.56 bits per heavy atom. The molecule has 0 spiro atoms. The first-order valence-electron chi connectivity index (χ1n) is 8.39. The van der Waals surface area contributed by atoms with Crippen LogP contribution >= 0.6 is 0 Å². The molecule has 1 saturated heterocycles. The van der Waals surface area contributed by atoms with Crippen LogP contribution in [0.5, 0.6) is 0 Å². The van der Waals surface area contributed by atoms with Gasteiger partial charge in [-0.15, -0.1) is 0 Å². The Balaban J connectivity index is 1.79. The van der Waals surface area contributed by atoms with Crippen molar-refractivity contribution in [3.05, 3.63) is 41.3 Å². The van der Waals surface area contributed by atoms with E-state index in [0.29, 0.717) is 12.8 Å². The molecule has 7 nitrogen and oxygen atoms in total. The molecule has 3 rings (SSSR count). The van der Waals surface area contributed by atoms with E-state index in [4.69, 9.17) is 4.52 Å². The summed E-state index contributed by atoms with van der Waals surface area (Å²) in [6.45, 7) is 3.18. The summed E-state index contributed by atoms with van der Waals surface area (Å²) in [5.74, 6) is -2.96. The summed E-state index contributed by atoms with van der Waals surface area (Å²) in [4.78, 5) is 12.5. The van der Waals surface area contributed by atoms with Gasteiger partial charge in [0.25, 0.3) is 0 Å². The van der Waals surface area contributed by atoms with Crippen molar-refractivity contribution in [3.8, 4) is 0 Å². The predicted octanol–water partition coefficient (Wildman–Crippen LogP) is 2.61. The largest absolute Gasteiger partial charge is 0.360 e. The number of hydrogen-bond donors (Lipinski definition) is 1. The minimum absolute atomic E-state index is 0.0105. The molecule has 0 saturated carbocycles. The molecule has 146 valence electrons. The lowest BCUT2D eigenvalue weighted by molar-refractivity contribution is -0.120. The number of rotatable bonds is 4. The topological polar surface area (TPSA) is 92.5 Å². The maximum Gasteiger partial charge on any atom is 0.248 e. The van der Waals surface area contributed by atoms with Gasteiger partial charge in [0.2, 0.25) is 15.9 Å². The Hall–Kier alpha value is -2.33. The zero-order chi connectivity index (χ0) is 19.8. The van der Waals surface area contributed by atoms with E-state index in [2.05, 4.69) is 10.5 Å². The summed E-state index contributed by atoms with van der Waals surface area (Å²) < 4.78 is 59.4. The van der Waals surface area contributed by atoms with E-state index in [1.54, 1.807) is 0 Å². The summed E-state index contributed by atoms with van der Waals surface area (Å²) in [5, 5.41) is 5.90. The molecule has 1 fully saturated rings. The van der Waals surface area contributed by atoms with Crippen molar-refractivity contribution < 1.29 is 26.5 Å². The van der Waals surface area contributed by atoms with Crippen molar-refractivity contribution >= 4 is 21.6 Å². The fraction of sp³-hybridized carbons (Fsp3) is 0.412. The number of aryl methyl sites for hydroxylation is 2. The second-order valence-electron chi connectivity index (χ2n) is 6.44. The first kappa shape index (κ1) is 19.4. The summed E-state index contributed by atoms with van der Waals surface area (Å²) in [7, 11) is -3.89. The van der Waals surface area contributed by atoms with Crippen LogP contribution in [0.1, 0.15) is 24.3 Å². The van der Waals surface area contributed by atoms with Crippen molar-refractivity contribution in [2.24, 2.45) is 5.92 Å². The molecule has 2 heterocycles. The molecule has 1 aliphatic heterocycles. The number of amides is 1. The number of carbonyl (C=O) groups is 1. The Bertz CT molecular complexity index is 935. The standard InChI is InChI=1S/C17H19F2N3O4S/c1-10-16(11(2)26-21-10)27(24,25)22-8-4-5-12(9-22)17(23)20-15-13(18)6-3-7-14(15)19/h3,6-7,12H,4-5,8-9H2,1-2H3,(H,20,23). The van der Waals surface area contributed by atoms with Crippen LogP contribution in [0.3, 0.4) is 0 Å². The van der Waals surface area contributed by atoms with Crippen molar-refractivity contribution in [1.82, 2.24) is 9.46 Å². The van der Waals surface area contributed by atoms with Gasteiger partial charge in [-0.25, -0.2) is 17.2 Å². The first-order chi connectivity index (χ1) is 12.7. The highest BCUT2D eigenvalue weighted by atomic mass is 32.2. The average molecular weight is 399 g/mol. The van der Waals surface area contributed by atoms with Crippen LogP contribution in [0.15, 0.2) is 27.6 Å². The van der Waals surface area contributed by atoms with Crippen LogP contribution in [0.2, 0.25) is 0 Å². The molecule has 1 unspecified atom stereocenters. The fourth-order valence-corrected chi connectivity index (χ4v) is 5.00. The smallest absolute Gasteiger partial charge is 0.248 e. The number of para-hydroxylation sites is 1. The van der Waals surface area contributed by atoms with Crippen LogP contribution in [0.25, 0.3) is 0 Å². The first-order valence-corrected chi connectivity index (χ1v) is 9.83. The van der Waals surface area contributed by atoms with E-state index in [0.717, 1.165) is 12.1 Å². The van der Waals surface area contributed by atoms with Gasteiger partial charge in [0, 0.05) is 13.1 Å². The Labute approximate surface area is 155 Å². The monoisotopic (exact) mass is 399 g/mol. The molecular formula is C17H19F2N3O4S. The van der Waals surface area contributed by atoms with Crippen LogP contribution in [0.4, 0.5) is 14.5 Å². The number of nitrogens with zero attached hydrogens (tertiary/aromatic N) is 2. The number of carbonyl (C=O) groups excluding carboxylic acids is 1. The number of aromatic nitrogens is 1. The lowest BCUT2D eigenvalue weighted by Crippen LogP contribution is -2.44. The zero-order valence-electron chi connectivity index (χ0n) is 14.8. The second-order valence-corrected chi connectivity index (χ2v) is 8.32. The third-order valence-electron chi connectivity index (χ3n) is 4.53. The van der Waals surface area contributed by atoms with Gasteiger partial charge >= 0.3 is 0 Å². The van der Waals surface area contributed by atoms with Crippen LogP contribution in [0, 0.1) is 31.4 Å². The van der Waals surface area contributed by atoms with E-state index < -0.39 is 39.2 Å². The van der Waals surface area contributed by atoms with Gasteiger partial charge in [0.1, 0.15) is 27.9 Å². The van der Waals surface area contributed by atoms with E-state index in [1.807, 2.05) is 0 Å². The van der Waals surface area contributed by atoms with E-state index in [9.17, 15) is 22.0 Å². The van der Waals surface area contributed by atoms with E-state index >= 15 is 0 Å². The van der Waals surface area contributed by atoms with Gasteiger partial charge in [0.05, 0.1) is 5.92 Å². The minimum Gasteiger partial charge on any atom is -0.360 e. The van der Waals surface area contributed by atoms with Gasteiger partial charge in [0.15, 0.2) is 5.76 Å². The number of anilines is 1. The Morgan fingerprint density at radius 2 is 1.96 bits per heavy atom. The van der Waals surface area contributed by atoms with Crippen LogP contribution in [-0.2, 0) is 14.8 Å². The van der Waals surface area contributed by atoms with Crippen molar-refractivity contribution in [2.45, 2.75) is 31.6 Å². The molecule has 0 bridgehead atoms. The highest BCUT2D eigenvalue weighted by Gasteiger charge is 2.36. The summed E-state index contributed by atoms with van der Waals surface area (Å²) in [5.41, 5.74) is -0.291. The Morgan fingerprint density at radius 1 is 1.30 bits per heavy atom. The van der Waals surface area contributed by atoms with E-state index in [-0.39, 0.29) is 29.4 Å². The third-order valence-corrected chi connectivity index (χ3v) is 6.64. The van der Waals surface area contributed by atoms with Crippen molar-refractivity contribution in [2.75, 3.05) is 18.4 Å². The van der Waals surface area contributed by atoms with Gasteiger partial charge < -0.3 is 9.84 Å². The number of hydrogen-bond acceptors (Lipinski definition) is 5. The zero-order valence-corrected chi connectivity index (χ0v) is 15.6. The highest BCUT2D eigenvalue weighted by molar-refractivity contribution is 7.89. The molecule has 1 N–H and O–H groups in total. The number of sulfonamides is 1. The van der Waals surface area contributed by atoms with Crippen LogP contribution < -0.4 is 5.32 Å². The summed E-state index contributed by atoms with van der Waals surface area (Å²) >= 11 is 0. The van der Waals surface area contributed by atoms with E-state index in [1.165, 1.54) is 24.2 Å². The average Bonchev–Trinajstić information content (AvgIpc) is 2.97. The van der Waals surface area contributed by atoms with Gasteiger partial charge in [-0.05, 0) is 38.8 Å². The number of nitrogens with one attached hydrogen (secondary N) is 1. The van der Waals surface area contributed by atoms with Crippen molar-refractivity contribution in [1.29, 1.82) is 0 Å². The van der Waals surface area contributed by atoms with Gasteiger partial charge in [-0.3, -0.25) is 4.79 Å². The maximum absolute atomic E-state index is 13.7. The molecule has 1 aliphatic rings. The molecule has 1 atom stereocenters. The molecular weight excluding hydrogens is 380 g/mol. The second kappa shape index (κ2) is 7.35. The third kappa shape index (κ3) is 3.72. The normalized spacial score (nSPS) is 18.4. The molecule has 2 aromatic rings. The van der Waals surface area contributed by atoms with Gasteiger partial charge in [-0.2, -0.15) is 4.31 Å². The molecule has 0 aliphatic carbocycles. The summed E-state index contributed by atoms with van der Waals surface area (Å²) in [6, 6.07) is 3.26. The quantitative estimate of drug-likeness (QED) is 0.853. The SMILES string of the molecule is Cc1noc(C)c1S(=O)(=O)N1CCCC(C(=O)Nc2c(F)cccc2F)C1. The maximum atomic E-state index is 13.7. The summed E-state index contributed by atoms with van der Waals surface area (Å²) in [6.07, 6.45) is 0.857. The van der Waals surface area contributed by atoms with Crippen LogP contribution in [-0.4, -0.2) is 36.9 Å². The predicted molar refractivity (Wildman–Crippen MR) is 92.4 cm³/mol. The molecule has 1 amide bonds. The number of piperidine rings is 1. The highest BCUT2D eigenvalue weighted by Crippen LogP contribution is 2.28. The molecule has 1 aromatic heterocycles. The fourth-order valence-electron chi connectivity index (χ4n) is 3.19. The lowest BCUT2D eigenvalue weighted by atomic mass is 9.98. The van der Waals surface area contributed by atoms with Crippen molar-refractivity contribution in [3.63, 3.8) is 0 Å². The Kier molecular flexibility index (Phi) is 5.29. The number of halogens is 2.